The number of halogens is 1. The summed E-state index contributed by atoms with van der Waals surface area (Å²) < 4.78 is 44.6. The Labute approximate surface area is 157 Å². The second-order valence-corrected chi connectivity index (χ2v) is 7.75. The molecule has 0 aliphatic carbocycles. The minimum Gasteiger partial charge on any atom is -0.496 e. The predicted octanol–water partition coefficient (Wildman–Crippen LogP) is 1.91. The Kier molecular flexibility index (Phi) is 6.65. The average Bonchev–Trinajstić information content (AvgIpc) is 2.63. The second kappa shape index (κ2) is 8.74. The van der Waals surface area contributed by atoms with Crippen LogP contribution < -0.4 is 10.2 Å². The Bertz CT molecular complexity index is 961. The maximum absolute atomic E-state index is 13.5. The molecule has 1 N–H and O–H groups in total. The van der Waals surface area contributed by atoms with Gasteiger partial charge in [-0.15, -0.1) is 0 Å². The number of likely N-dealkylation sites (N-methyl/N-ethyl adjacent to an activating group) is 1. The van der Waals surface area contributed by atoms with Crippen LogP contribution in [0.3, 0.4) is 0 Å². The van der Waals surface area contributed by atoms with Crippen LogP contribution in [0.2, 0.25) is 0 Å². The monoisotopic (exact) mass is 393 g/mol. The number of carbonyl (C=O) groups excluding carboxylic acids is 1. The zero-order valence-corrected chi connectivity index (χ0v) is 16.0. The summed E-state index contributed by atoms with van der Waals surface area (Å²) in [6.45, 7) is 1.28. The zero-order chi connectivity index (χ0) is 20.0. The number of aryl methyl sites for hydroxylation is 1. The van der Waals surface area contributed by atoms with Crippen LogP contribution in [0.15, 0.2) is 52.5 Å². The first-order valence-electron chi connectivity index (χ1n) is 7.93. The van der Waals surface area contributed by atoms with Crippen LogP contribution in [-0.2, 0) is 14.8 Å². The minimum atomic E-state index is -3.86. The Morgan fingerprint density at radius 3 is 2.63 bits per heavy atom. The summed E-state index contributed by atoms with van der Waals surface area (Å²) in [4.78, 5) is 12.0. The fourth-order valence-corrected chi connectivity index (χ4v) is 3.48. The molecule has 0 aromatic heterocycles. The van der Waals surface area contributed by atoms with E-state index in [0.717, 1.165) is 10.5 Å². The van der Waals surface area contributed by atoms with Gasteiger partial charge in [-0.25, -0.2) is 18.2 Å². The quantitative estimate of drug-likeness (QED) is 0.575. The van der Waals surface area contributed by atoms with Gasteiger partial charge in [-0.3, -0.25) is 4.79 Å². The van der Waals surface area contributed by atoms with Crippen LogP contribution in [0.5, 0.6) is 5.75 Å². The number of nitrogens with one attached hydrogen (secondary N) is 1. The molecule has 144 valence electrons. The van der Waals surface area contributed by atoms with Gasteiger partial charge in [-0.2, -0.15) is 9.41 Å². The number of sulfonamides is 1. The van der Waals surface area contributed by atoms with E-state index in [1.807, 2.05) is 0 Å². The van der Waals surface area contributed by atoms with Crippen LogP contribution in [0, 0.1) is 12.7 Å². The van der Waals surface area contributed by atoms with E-state index in [2.05, 4.69) is 10.5 Å². The molecule has 0 atom stereocenters. The van der Waals surface area contributed by atoms with E-state index in [1.165, 1.54) is 44.5 Å². The Morgan fingerprint density at radius 2 is 2.00 bits per heavy atom. The van der Waals surface area contributed by atoms with Gasteiger partial charge in [0.15, 0.2) is 0 Å². The van der Waals surface area contributed by atoms with Crippen molar-refractivity contribution < 1.29 is 22.3 Å². The first-order chi connectivity index (χ1) is 12.8. The minimum absolute atomic E-state index is 0.0472. The fraction of sp³-hybridized carbons (Fsp3) is 0.222. The molecule has 0 aliphatic heterocycles. The van der Waals surface area contributed by atoms with Crippen molar-refractivity contribution in [3.8, 4) is 5.75 Å². The maximum Gasteiger partial charge on any atom is 0.255 e. The molecule has 0 unspecified atom stereocenters. The molecule has 1 amide bonds. The molecule has 2 aromatic carbocycles. The van der Waals surface area contributed by atoms with Crippen molar-refractivity contribution in [1.82, 2.24) is 9.73 Å². The van der Waals surface area contributed by atoms with Gasteiger partial charge in [0.25, 0.3) is 5.91 Å². The third kappa shape index (κ3) is 5.11. The van der Waals surface area contributed by atoms with Gasteiger partial charge in [-0.05, 0) is 36.8 Å². The van der Waals surface area contributed by atoms with Crippen molar-refractivity contribution in [1.29, 1.82) is 0 Å². The Morgan fingerprint density at radius 1 is 1.30 bits per heavy atom. The van der Waals surface area contributed by atoms with Crippen molar-refractivity contribution in [3.63, 3.8) is 0 Å². The van der Waals surface area contributed by atoms with E-state index in [-0.39, 0.29) is 10.5 Å². The van der Waals surface area contributed by atoms with E-state index in [1.54, 1.807) is 19.1 Å². The van der Waals surface area contributed by atoms with Gasteiger partial charge in [0.2, 0.25) is 10.0 Å². The molecule has 0 saturated heterocycles. The van der Waals surface area contributed by atoms with Gasteiger partial charge in [0.05, 0.1) is 24.8 Å². The van der Waals surface area contributed by atoms with Crippen LogP contribution in [0.1, 0.15) is 11.1 Å². The SMILES string of the molecule is COc1ccc(S(=O)(=O)N(C)CC(=O)N/N=C\c2ccccc2F)cc1C. The van der Waals surface area contributed by atoms with Crippen molar-refractivity contribution in [2.75, 3.05) is 20.7 Å². The average molecular weight is 393 g/mol. The molecule has 0 radical (unpaired) electrons. The van der Waals surface area contributed by atoms with Gasteiger partial charge in [-0.1, -0.05) is 18.2 Å². The van der Waals surface area contributed by atoms with Crippen molar-refractivity contribution in [2.45, 2.75) is 11.8 Å². The standard InChI is InChI=1S/C18H20FN3O4S/c1-13-10-15(8-9-17(13)26-3)27(24,25)22(2)12-18(23)21-20-11-14-6-4-5-7-16(14)19/h4-11H,12H2,1-3H3,(H,21,23)/b20-11-. The smallest absolute Gasteiger partial charge is 0.255 e. The Hall–Kier alpha value is -2.78. The van der Waals surface area contributed by atoms with Crippen molar-refractivity contribution >= 4 is 22.1 Å². The summed E-state index contributed by atoms with van der Waals surface area (Å²) in [6, 6.07) is 10.4. The molecule has 0 heterocycles. The fourth-order valence-electron chi connectivity index (χ4n) is 2.27. The number of hydrogen-bond donors (Lipinski definition) is 1. The number of ether oxygens (including phenoxy) is 1. The van der Waals surface area contributed by atoms with Crippen LogP contribution in [0.4, 0.5) is 4.39 Å². The molecule has 0 spiro atoms. The lowest BCUT2D eigenvalue weighted by atomic mass is 10.2. The topological polar surface area (TPSA) is 88.1 Å². The van der Waals surface area contributed by atoms with Crippen molar-refractivity contribution in [2.24, 2.45) is 5.10 Å². The number of carbonyl (C=O) groups is 1. The van der Waals surface area contributed by atoms with Gasteiger partial charge < -0.3 is 4.74 Å². The van der Waals surface area contributed by atoms with Gasteiger partial charge in [0.1, 0.15) is 11.6 Å². The first kappa shape index (κ1) is 20.5. The highest BCUT2D eigenvalue weighted by Gasteiger charge is 2.23. The summed E-state index contributed by atoms with van der Waals surface area (Å²) in [6.07, 6.45) is 1.15. The number of hydrogen-bond acceptors (Lipinski definition) is 5. The molecule has 0 saturated carbocycles. The highest BCUT2D eigenvalue weighted by molar-refractivity contribution is 7.89. The number of benzene rings is 2. The number of amides is 1. The molecule has 0 aliphatic rings. The highest BCUT2D eigenvalue weighted by atomic mass is 32.2. The summed E-state index contributed by atoms with van der Waals surface area (Å²) in [5.41, 5.74) is 3.04. The summed E-state index contributed by atoms with van der Waals surface area (Å²) >= 11 is 0. The third-order valence-corrected chi connectivity index (χ3v) is 5.54. The van der Waals surface area contributed by atoms with Crippen LogP contribution in [-0.4, -0.2) is 45.5 Å². The number of rotatable bonds is 7. The summed E-state index contributed by atoms with van der Waals surface area (Å²) in [5, 5.41) is 3.64. The van der Waals surface area contributed by atoms with Crippen LogP contribution in [0.25, 0.3) is 0 Å². The van der Waals surface area contributed by atoms with E-state index >= 15 is 0 Å². The molecule has 0 bridgehead atoms. The molecule has 2 rings (SSSR count). The largest absolute Gasteiger partial charge is 0.496 e. The number of methoxy groups -OCH3 is 1. The van der Waals surface area contributed by atoms with E-state index in [0.29, 0.717) is 11.3 Å². The Balaban J connectivity index is 2.02. The molecule has 7 nitrogen and oxygen atoms in total. The molecule has 27 heavy (non-hydrogen) atoms. The van der Waals surface area contributed by atoms with E-state index in [9.17, 15) is 17.6 Å². The predicted molar refractivity (Wildman–Crippen MR) is 99.7 cm³/mol. The van der Waals surface area contributed by atoms with Gasteiger partial charge >= 0.3 is 0 Å². The third-order valence-electron chi connectivity index (χ3n) is 3.74. The molecule has 9 heteroatoms. The van der Waals surface area contributed by atoms with E-state index < -0.39 is 28.3 Å². The molecular weight excluding hydrogens is 373 g/mol. The number of nitrogens with zero attached hydrogens (tertiary/aromatic N) is 2. The van der Waals surface area contributed by atoms with Crippen LogP contribution >= 0.6 is 0 Å². The lowest BCUT2D eigenvalue weighted by molar-refractivity contribution is -0.121. The highest BCUT2D eigenvalue weighted by Crippen LogP contribution is 2.23. The second-order valence-electron chi connectivity index (χ2n) is 5.71. The molecule has 0 fully saturated rings. The van der Waals surface area contributed by atoms with Crippen molar-refractivity contribution in [3.05, 3.63) is 59.4 Å². The lowest BCUT2D eigenvalue weighted by Gasteiger charge is -2.17. The number of hydrazone groups is 1. The maximum atomic E-state index is 13.5. The first-order valence-corrected chi connectivity index (χ1v) is 9.37. The molecular formula is C18H20FN3O4S. The van der Waals surface area contributed by atoms with Gasteiger partial charge in [0, 0.05) is 12.6 Å². The lowest BCUT2D eigenvalue weighted by Crippen LogP contribution is -2.36. The zero-order valence-electron chi connectivity index (χ0n) is 15.1. The summed E-state index contributed by atoms with van der Waals surface area (Å²) in [7, 11) is -1.08. The normalized spacial score (nSPS) is 11.7. The summed E-state index contributed by atoms with van der Waals surface area (Å²) in [5.74, 6) is -0.569. The van der Waals surface area contributed by atoms with E-state index in [4.69, 9.17) is 4.74 Å². The molecule has 2 aromatic rings.